The molecule has 0 atom stereocenters. The van der Waals surface area contributed by atoms with Crippen molar-refractivity contribution in [2.24, 2.45) is 0 Å². The van der Waals surface area contributed by atoms with Crippen LogP contribution in [-0.4, -0.2) is 19.7 Å². The smallest absolute Gasteiger partial charge is 0.321 e. The van der Waals surface area contributed by atoms with Crippen LogP contribution in [0.4, 0.5) is 10.5 Å². The molecule has 0 saturated heterocycles. The minimum Gasteiger partial charge on any atom is -0.493 e. The highest BCUT2D eigenvalue weighted by Crippen LogP contribution is 2.33. The van der Waals surface area contributed by atoms with E-state index in [9.17, 15) is 4.79 Å². The fourth-order valence-corrected chi connectivity index (χ4v) is 6.28. The predicted octanol–water partition coefficient (Wildman–Crippen LogP) is 10.1. The van der Waals surface area contributed by atoms with Gasteiger partial charge in [0.05, 0.1) is 18.0 Å². The van der Waals surface area contributed by atoms with Crippen LogP contribution in [0.15, 0.2) is 54.2 Å². The molecule has 0 fully saturated rings. The number of rotatable bonds is 19. The van der Waals surface area contributed by atoms with Gasteiger partial charge in [-0.1, -0.05) is 134 Å². The van der Waals surface area contributed by atoms with Crippen LogP contribution >= 0.6 is 11.3 Å². The van der Waals surface area contributed by atoms with Crippen LogP contribution < -0.4 is 19.5 Å². The number of carbonyl (C=O) groups excluding carboxylic acids is 1. The van der Waals surface area contributed by atoms with Gasteiger partial charge in [0.25, 0.3) is 0 Å². The third-order valence-electron chi connectivity index (χ3n) is 8.24. The monoisotopic (exact) mass is 620 g/mol. The van der Waals surface area contributed by atoms with Gasteiger partial charge in [0.15, 0.2) is 12.7 Å². The lowest BCUT2D eigenvalue weighted by Crippen LogP contribution is -2.37. The highest BCUT2D eigenvalue weighted by atomic mass is 32.1. The second-order valence-corrected chi connectivity index (χ2v) is 14.4. The molecule has 1 aromatic heterocycles. The molecule has 0 aliphatic heterocycles. The summed E-state index contributed by atoms with van der Waals surface area (Å²) in [6.45, 7) is 13.1. The standard InChI is InChI=1S/C38H57N3O2S/c1-7-8-9-10-11-12-13-14-15-16-17-18-25-43-36-26-33(21-24-35(36)38(3,4)5)29-41(37(42)39-6)34-22-19-32(20-23-34)28-40-27-31(2)44-30-40/h19-24,26-27,30H,7-18,25,28-29H2,1-6H3/p+1. The summed E-state index contributed by atoms with van der Waals surface area (Å²) < 4.78 is 8.62. The summed E-state index contributed by atoms with van der Waals surface area (Å²) in [4.78, 5) is 16.1. The molecule has 3 aromatic rings. The minimum atomic E-state index is -0.126. The topological polar surface area (TPSA) is 45.5 Å². The third-order valence-corrected chi connectivity index (χ3v) is 9.10. The molecular formula is C38H58N3O2S+. The number of urea groups is 1. The van der Waals surface area contributed by atoms with E-state index in [1.807, 2.05) is 12.1 Å². The molecule has 0 unspecified atom stereocenters. The summed E-state index contributed by atoms with van der Waals surface area (Å²) in [5, 5.41) is 2.82. The highest BCUT2D eigenvalue weighted by molar-refractivity contribution is 7.09. The molecule has 0 aliphatic rings. The largest absolute Gasteiger partial charge is 0.493 e. The Kier molecular flexibility index (Phi) is 15.2. The normalized spacial score (nSPS) is 11.5. The molecule has 5 nitrogen and oxygen atoms in total. The maximum Gasteiger partial charge on any atom is 0.321 e. The fraction of sp³-hybridized carbons (Fsp3) is 0.579. The minimum absolute atomic E-state index is 0.0281. The van der Waals surface area contributed by atoms with E-state index in [1.54, 1.807) is 23.3 Å². The number of ether oxygens (including phenoxy) is 1. The van der Waals surface area contributed by atoms with Crippen molar-refractivity contribution in [1.29, 1.82) is 0 Å². The molecule has 0 radical (unpaired) electrons. The van der Waals surface area contributed by atoms with Crippen molar-refractivity contribution in [3.05, 3.63) is 75.7 Å². The van der Waals surface area contributed by atoms with Gasteiger partial charge in [0, 0.05) is 18.3 Å². The predicted molar refractivity (Wildman–Crippen MR) is 187 cm³/mol. The first-order chi connectivity index (χ1) is 21.2. The van der Waals surface area contributed by atoms with E-state index < -0.39 is 0 Å². The second-order valence-electron chi connectivity index (χ2n) is 13.3. The number of amides is 2. The maximum absolute atomic E-state index is 13.0. The van der Waals surface area contributed by atoms with E-state index in [0.29, 0.717) is 6.54 Å². The number of nitrogens with one attached hydrogen (secondary N) is 1. The van der Waals surface area contributed by atoms with Crippen molar-refractivity contribution in [3.63, 3.8) is 0 Å². The van der Waals surface area contributed by atoms with E-state index in [4.69, 9.17) is 4.74 Å². The lowest BCUT2D eigenvalue weighted by molar-refractivity contribution is -0.683. The summed E-state index contributed by atoms with van der Waals surface area (Å²) >= 11 is 1.75. The summed E-state index contributed by atoms with van der Waals surface area (Å²) in [5.74, 6) is 0.938. The van der Waals surface area contributed by atoms with Crippen LogP contribution in [0.3, 0.4) is 0 Å². The van der Waals surface area contributed by atoms with E-state index >= 15 is 0 Å². The van der Waals surface area contributed by atoms with Gasteiger partial charge in [0.1, 0.15) is 5.75 Å². The maximum atomic E-state index is 13.0. The molecule has 6 heteroatoms. The molecule has 1 heterocycles. The molecule has 0 aliphatic carbocycles. The van der Waals surface area contributed by atoms with Crippen molar-refractivity contribution in [2.45, 2.75) is 130 Å². The Hall–Kier alpha value is -2.86. The molecule has 242 valence electrons. The number of hydrogen-bond donors (Lipinski definition) is 1. The van der Waals surface area contributed by atoms with Crippen LogP contribution in [0, 0.1) is 6.92 Å². The fourth-order valence-electron chi connectivity index (χ4n) is 5.65. The van der Waals surface area contributed by atoms with Crippen molar-refractivity contribution < 1.29 is 14.1 Å². The number of anilines is 1. The number of unbranched alkanes of at least 4 members (excludes halogenated alkanes) is 11. The van der Waals surface area contributed by atoms with Gasteiger partial charge in [-0.25, -0.2) is 4.79 Å². The average Bonchev–Trinajstić information content (AvgIpc) is 3.42. The van der Waals surface area contributed by atoms with Crippen LogP contribution in [0.1, 0.15) is 126 Å². The highest BCUT2D eigenvalue weighted by Gasteiger charge is 2.21. The molecule has 0 bridgehead atoms. The summed E-state index contributed by atoms with van der Waals surface area (Å²) in [5.41, 5.74) is 6.45. The Bertz CT molecular complexity index is 1250. The van der Waals surface area contributed by atoms with Crippen molar-refractivity contribution in [1.82, 2.24) is 5.32 Å². The Morgan fingerprint density at radius 2 is 1.45 bits per heavy atom. The van der Waals surface area contributed by atoms with E-state index in [0.717, 1.165) is 36.6 Å². The molecule has 0 saturated carbocycles. The van der Waals surface area contributed by atoms with Gasteiger partial charge in [0.2, 0.25) is 5.51 Å². The molecule has 2 amide bonds. The zero-order valence-electron chi connectivity index (χ0n) is 28.4. The summed E-state index contributed by atoms with van der Waals surface area (Å²) in [6.07, 6.45) is 18.2. The van der Waals surface area contributed by atoms with Gasteiger partial charge < -0.3 is 10.1 Å². The number of thiazole rings is 1. The van der Waals surface area contributed by atoms with Crippen LogP contribution in [0.2, 0.25) is 0 Å². The van der Waals surface area contributed by atoms with Crippen LogP contribution in [0.5, 0.6) is 5.75 Å². The number of carbonyl (C=O) groups is 1. The number of aromatic nitrogens is 1. The zero-order chi connectivity index (χ0) is 31.8. The number of hydrogen-bond acceptors (Lipinski definition) is 3. The molecular weight excluding hydrogens is 563 g/mol. The Balaban J connectivity index is 1.55. The van der Waals surface area contributed by atoms with Crippen LogP contribution in [0.25, 0.3) is 0 Å². The first-order valence-electron chi connectivity index (χ1n) is 17.0. The second kappa shape index (κ2) is 18.8. The molecule has 3 rings (SSSR count). The lowest BCUT2D eigenvalue weighted by atomic mass is 9.85. The quantitative estimate of drug-likeness (QED) is 0.107. The summed E-state index contributed by atoms with van der Waals surface area (Å²) in [7, 11) is 1.69. The lowest BCUT2D eigenvalue weighted by Gasteiger charge is -2.26. The van der Waals surface area contributed by atoms with Gasteiger partial charge in [-0.3, -0.25) is 4.90 Å². The first-order valence-corrected chi connectivity index (χ1v) is 17.9. The van der Waals surface area contributed by atoms with Gasteiger partial charge in [-0.2, -0.15) is 4.57 Å². The first kappa shape index (κ1) is 35.6. The molecule has 2 aromatic carbocycles. The van der Waals surface area contributed by atoms with Gasteiger partial charge in [-0.05, 0) is 48.1 Å². The molecule has 0 spiro atoms. The van der Waals surface area contributed by atoms with Crippen molar-refractivity contribution in [2.75, 3.05) is 18.6 Å². The van der Waals surface area contributed by atoms with E-state index in [1.165, 1.54) is 86.6 Å². The SMILES string of the molecule is CCCCCCCCCCCCCCOc1cc(CN(C(=O)NC)c2ccc(C[n+]3csc(C)c3)cc2)ccc1C(C)(C)C. The molecule has 44 heavy (non-hydrogen) atoms. The third kappa shape index (κ3) is 12.3. The van der Waals surface area contributed by atoms with Gasteiger partial charge >= 0.3 is 6.03 Å². The van der Waals surface area contributed by atoms with E-state index in [-0.39, 0.29) is 11.4 Å². The zero-order valence-corrected chi connectivity index (χ0v) is 29.2. The number of nitrogens with zero attached hydrogens (tertiary/aromatic N) is 2. The Morgan fingerprint density at radius 3 is 2.00 bits per heavy atom. The average molecular weight is 621 g/mol. The molecule has 1 N–H and O–H groups in total. The van der Waals surface area contributed by atoms with Crippen molar-refractivity contribution >= 4 is 23.1 Å². The Morgan fingerprint density at radius 1 is 0.864 bits per heavy atom. The van der Waals surface area contributed by atoms with Crippen LogP contribution in [-0.2, 0) is 18.5 Å². The Labute approximate surface area is 272 Å². The van der Waals surface area contributed by atoms with Crippen molar-refractivity contribution in [3.8, 4) is 5.75 Å². The van der Waals surface area contributed by atoms with Gasteiger partial charge in [-0.15, -0.1) is 0 Å². The number of aryl methyl sites for hydroxylation is 1. The summed E-state index contributed by atoms with van der Waals surface area (Å²) in [6, 6.07) is 14.6. The number of benzene rings is 2. The van der Waals surface area contributed by atoms with E-state index in [2.05, 4.69) is 86.5 Å².